The van der Waals surface area contributed by atoms with E-state index >= 15 is 0 Å². The SMILES string of the molecule is CCc1cc(C(=O)NCC(Cc2ccc3ccccc3c2)C(=O)O)n[nH]1. The number of aromatic nitrogens is 2. The van der Waals surface area contributed by atoms with Crippen LogP contribution in [0.25, 0.3) is 10.8 Å². The summed E-state index contributed by atoms with van der Waals surface area (Å²) in [6.45, 7) is 2.01. The molecule has 3 rings (SSSR count). The molecule has 1 heterocycles. The first-order chi connectivity index (χ1) is 12.6. The molecule has 0 aliphatic heterocycles. The first kappa shape index (κ1) is 17.7. The minimum atomic E-state index is -0.935. The third-order valence-electron chi connectivity index (χ3n) is 4.40. The number of aromatic amines is 1. The van der Waals surface area contributed by atoms with Gasteiger partial charge in [-0.1, -0.05) is 49.4 Å². The van der Waals surface area contributed by atoms with Crippen LogP contribution in [0.4, 0.5) is 0 Å². The summed E-state index contributed by atoms with van der Waals surface area (Å²) in [5.74, 6) is -2.01. The minimum absolute atomic E-state index is 0.0509. The number of rotatable bonds is 7. The lowest BCUT2D eigenvalue weighted by atomic mass is 9.97. The van der Waals surface area contributed by atoms with E-state index in [1.165, 1.54) is 0 Å². The number of hydrogen-bond acceptors (Lipinski definition) is 3. The number of amides is 1. The molecular weight excluding hydrogens is 330 g/mol. The second kappa shape index (κ2) is 7.82. The highest BCUT2D eigenvalue weighted by Gasteiger charge is 2.20. The molecule has 0 fully saturated rings. The highest BCUT2D eigenvalue weighted by atomic mass is 16.4. The number of H-pyrrole nitrogens is 1. The van der Waals surface area contributed by atoms with Crippen molar-refractivity contribution in [1.82, 2.24) is 15.5 Å². The van der Waals surface area contributed by atoms with Crippen LogP contribution in [0.3, 0.4) is 0 Å². The largest absolute Gasteiger partial charge is 0.481 e. The van der Waals surface area contributed by atoms with Gasteiger partial charge in [-0.25, -0.2) is 0 Å². The predicted octanol–water partition coefficient (Wildman–Crippen LogP) is 2.80. The number of aryl methyl sites for hydroxylation is 1. The number of nitrogens with zero attached hydrogens (tertiary/aromatic N) is 1. The van der Waals surface area contributed by atoms with Crippen molar-refractivity contribution >= 4 is 22.6 Å². The zero-order valence-corrected chi connectivity index (χ0v) is 14.5. The molecule has 0 radical (unpaired) electrons. The molecular formula is C20H21N3O3. The molecule has 1 amide bonds. The van der Waals surface area contributed by atoms with Gasteiger partial charge in [-0.05, 0) is 35.2 Å². The van der Waals surface area contributed by atoms with Crippen LogP contribution < -0.4 is 5.32 Å². The maximum Gasteiger partial charge on any atom is 0.308 e. The van der Waals surface area contributed by atoms with Crippen LogP contribution in [-0.2, 0) is 17.6 Å². The molecule has 1 aromatic heterocycles. The van der Waals surface area contributed by atoms with Gasteiger partial charge in [0.05, 0.1) is 5.92 Å². The fraction of sp³-hybridized carbons (Fsp3) is 0.250. The lowest BCUT2D eigenvalue weighted by Gasteiger charge is -2.13. The second-order valence-electron chi connectivity index (χ2n) is 6.26. The fourth-order valence-electron chi connectivity index (χ4n) is 2.86. The van der Waals surface area contributed by atoms with Crippen molar-refractivity contribution < 1.29 is 14.7 Å². The van der Waals surface area contributed by atoms with E-state index in [1.54, 1.807) is 6.07 Å². The van der Waals surface area contributed by atoms with Gasteiger partial charge in [0.25, 0.3) is 5.91 Å². The van der Waals surface area contributed by atoms with Gasteiger partial charge in [0.15, 0.2) is 0 Å². The zero-order valence-electron chi connectivity index (χ0n) is 14.5. The van der Waals surface area contributed by atoms with Gasteiger partial charge in [-0.2, -0.15) is 5.10 Å². The number of carboxylic acid groups (broad SMARTS) is 1. The van der Waals surface area contributed by atoms with Crippen molar-refractivity contribution in [3.63, 3.8) is 0 Å². The topological polar surface area (TPSA) is 95.1 Å². The van der Waals surface area contributed by atoms with Gasteiger partial charge in [0.1, 0.15) is 5.69 Å². The molecule has 1 atom stereocenters. The number of fused-ring (bicyclic) bond motifs is 1. The Kier molecular flexibility index (Phi) is 5.31. The number of aliphatic carboxylic acids is 1. The molecule has 1 unspecified atom stereocenters. The van der Waals surface area contributed by atoms with Crippen LogP contribution in [0.1, 0.15) is 28.7 Å². The molecule has 0 spiro atoms. The highest BCUT2D eigenvalue weighted by molar-refractivity contribution is 5.92. The summed E-state index contributed by atoms with van der Waals surface area (Å²) in [7, 11) is 0. The van der Waals surface area contributed by atoms with E-state index < -0.39 is 11.9 Å². The summed E-state index contributed by atoms with van der Waals surface area (Å²) in [6.07, 6.45) is 1.10. The molecule has 26 heavy (non-hydrogen) atoms. The number of nitrogens with one attached hydrogen (secondary N) is 2. The van der Waals surface area contributed by atoms with E-state index in [1.807, 2.05) is 49.4 Å². The quantitative estimate of drug-likeness (QED) is 0.610. The fourth-order valence-corrected chi connectivity index (χ4v) is 2.86. The van der Waals surface area contributed by atoms with Crippen molar-refractivity contribution in [2.45, 2.75) is 19.8 Å². The predicted molar refractivity (Wildman–Crippen MR) is 99.1 cm³/mol. The maximum atomic E-state index is 12.1. The van der Waals surface area contributed by atoms with E-state index in [9.17, 15) is 14.7 Å². The Morgan fingerprint density at radius 2 is 1.92 bits per heavy atom. The Morgan fingerprint density at radius 3 is 2.62 bits per heavy atom. The molecule has 3 N–H and O–H groups in total. The second-order valence-corrected chi connectivity index (χ2v) is 6.26. The van der Waals surface area contributed by atoms with Gasteiger partial charge in [0, 0.05) is 12.2 Å². The number of carbonyl (C=O) groups is 2. The van der Waals surface area contributed by atoms with Crippen molar-refractivity contribution in [2.75, 3.05) is 6.54 Å². The average Bonchev–Trinajstić information content (AvgIpc) is 3.14. The van der Waals surface area contributed by atoms with Crippen LogP contribution in [0, 0.1) is 5.92 Å². The lowest BCUT2D eigenvalue weighted by molar-refractivity contribution is -0.141. The average molecular weight is 351 g/mol. The van der Waals surface area contributed by atoms with Crippen LogP contribution in [0.2, 0.25) is 0 Å². The summed E-state index contributed by atoms with van der Waals surface area (Å²) < 4.78 is 0. The smallest absolute Gasteiger partial charge is 0.308 e. The Bertz CT molecular complexity index is 933. The maximum absolute atomic E-state index is 12.1. The molecule has 2 aromatic carbocycles. The summed E-state index contributed by atoms with van der Waals surface area (Å²) >= 11 is 0. The standard InChI is InChI=1S/C20H21N3O3/c1-2-17-11-18(23-22-17)19(24)21-12-16(20(25)26)10-13-7-8-14-5-3-4-6-15(14)9-13/h3-9,11,16H,2,10,12H2,1H3,(H,21,24)(H,22,23)(H,25,26). The van der Waals surface area contributed by atoms with Gasteiger partial charge >= 0.3 is 5.97 Å². The summed E-state index contributed by atoms with van der Waals surface area (Å²) in [5.41, 5.74) is 2.07. The lowest BCUT2D eigenvalue weighted by Crippen LogP contribution is -2.34. The van der Waals surface area contributed by atoms with Crippen molar-refractivity contribution in [3.8, 4) is 0 Å². The normalized spacial score (nSPS) is 12.0. The first-order valence-corrected chi connectivity index (χ1v) is 8.59. The molecule has 6 nitrogen and oxygen atoms in total. The van der Waals surface area contributed by atoms with Crippen molar-refractivity contribution in [3.05, 3.63) is 65.5 Å². The monoisotopic (exact) mass is 351 g/mol. The van der Waals surface area contributed by atoms with Crippen molar-refractivity contribution in [2.24, 2.45) is 5.92 Å². The van der Waals surface area contributed by atoms with Crippen LogP contribution in [0.15, 0.2) is 48.5 Å². The minimum Gasteiger partial charge on any atom is -0.481 e. The summed E-state index contributed by atoms with van der Waals surface area (Å²) in [5, 5.41) is 21.1. The summed E-state index contributed by atoms with van der Waals surface area (Å²) in [4.78, 5) is 23.7. The van der Waals surface area contributed by atoms with Gasteiger partial charge in [0.2, 0.25) is 0 Å². The molecule has 0 bridgehead atoms. The molecule has 0 saturated carbocycles. The Balaban J connectivity index is 1.66. The molecule has 6 heteroatoms. The van der Waals surface area contributed by atoms with E-state index in [-0.39, 0.29) is 18.1 Å². The van der Waals surface area contributed by atoms with Crippen LogP contribution in [-0.4, -0.2) is 33.7 Å². The van der Waals surface area contributed by atoms with Gasteiger partial charge in [-0.15, -0.1) is 0 Å². The molecule has 0 saturated heterocycles. The third-order valence-corrected chi connectivity index (χ3v) is 4.40. The Labute approximate surface area is 151 Å². The van der Waals surface area contributed by atoms with E-state index in [0.717, 1.165) is 28.5 Å². The zero-order chi connectivity index (χ0) is 18.5. The summed E-state index contributed by atoms with van der Waals surface area (Å²) in [6, 6.07) is 15.5. The van der Waals surface area contributed by atoms with E-state index in [4.69, 9.17) is 0 Å². The van der Waals surface area contributed by atoms with Crippen molar-refractivity contribution in [1.29, 1.82) is 0 Å². The number of carbonyl (C=O) groups excluding carboxylic acids is 1. The molecule has 134 valence electrons. The number of carboxylic acids is 1. The molecule has 3 aromatic rings. The number of benzene rings is 2. The van der Waals surface area contributed by atoms with Crippen LogP contribution in [0.5, 0.6) is 0 Å². The Morgan fingerprint density at radius 1 is 1.15 bits per heavy atom. The first-order valence-electron chi connectivity index (χ1n) is 8.59. The van der Waals surface area contributed by atoms with Gasteiger partial charge in [-0.3, -0.25) is 14.7 Å². The van der Waals surface area contributed by atoms with E-state index in [2.05, 4.69) is 15.5 Å². The molecule has 0 aliphatic rings. The highest BCUT2D eigenvalue weighted by Crippen LogP contribution is 2.18. The third kappa shape index (κ3) is 4.08. The number of hydrogen-bond donors (Lipinski definition) is 3. The van der Waals surface area contributed by atoms with E-state index in [0.29, 0.717) is 6.42 Å². The van der Waals surface area contributed by atoms with Crippen LogP contribution >= 0.6 is 0 Å². The Hall–Kier alpha value is -3.15. The molecule has 0 aliphatic carbocycles. The van der Waals surface area contributed by atoms with Gasteiger partial charge < -0.3 is 10.4 Å².